The summed E-state index contributed by atoms with van der Waals surface area (Å²) in [5, 5.41) is 0. The molecule has 0 saturated carbocycles. The molecule has 13 heavy (non-hydrogen) atoms. The fourth-order valence-corrected chi connectivity index (χ4v) is 1.43. The number of carbonyl (C=O) groups excluding carboxylic acids is 1. The molecule has 1 aromatic rings. The van der Waals surface area contributed by atoms with Crippen LogP contribution in [-0.4, -0.2) is 17.4 Å². The molecule has 0 unspecified atom stereocenters. The third-order valence-corrected chi connectivity index (χ3v) is 2.19. The molecule has 0 spiro atoms. The lowest BCUT2D eigenvalue weighted by atomic mass is 10.1. The molecule has 1 aliphatic heterocycles. The molecule has 0 aliphatic carbocycles. The van der Waals surface area contributed by atoms with E-state index >= 15 is 0 Å². The van der Waals surface area contributed by atoms with Crippen molar-refractivity contribution in [1.29, 1.82) is 0 Å². The van der Waals surface area contributed by atoms with Crippen LogP contribution in [0.5, 0.6) is 0 Å². The van der Waals surface area contributed by atoms with Crippen LogP contribution in [0.15, 0.2) is 42.5 Å². The topological polar surface area (TPSA) is 20.3 Å². The molecule has 1 heterocycles. The molecule has 1 saturated heterocycles. The summed E-state index contributed by atoms with van der Waals surface area (Å²) in [4.78, 5) is 13.0. The third-order valence-electron chi connectivity index (χ3n) is 2.19. The maximum atomic E-state index is 11.2. The zero-order chi connectivity index (χ0) is 9.26. The largest absolute Gasteiger partial charge is 0.330 e. The van der Waals surface area contributed by atoms with Crippen LogP contribution < -0.4 is 0 Å². The minimum absolute atomic E-state index is 0.0869. The van der Waals surface area contributed by atoms with Crippen LogP contribution in [0, 0.1) is 0 Å². The maximum Gasteiger partial charge on any atom is 0.251 e. The summed E-state index contributed by atoms with van der Waals surface area (Å²) < 4.78 is 0. The Bertz CT molecular complexity index is 342. The molecule has 2 rings (SSSR count). The standard InChI is InChI=1S/C11H11NO/c1-9-7-12(11(9)13)8-10-5-3-2-4-6-10/h2-6H,1,7-8H2. The van der Waals surface area contributed by atoms with Crippen LogP contribution in [0.3, 0.4) is 0 Å². The highest BCUT2D eigenvalue weighted by molar-refractivity contribution is 5.99. The summed E-state index contributed by atoms with van der Waals surface area (Å²) in [7, 11) is 0. The van der Waals surface area contributed by atoms with Crippen molar-refractivity contribution in [3.8, 4) is 0 Å². The van der Waals surface area contributed by atoms with E-state index in [4.69, 9.17) is 0 Å². The smallest absolute Gasteiger partial charge is 0.251 e. The number of nitrogens with zero attached hydrogens (tertiary/aromatic N) is 1. The Morgan fingerprint density at radius 2 is 2.00 bits per heavy atom. The second-order valence-electron chi connectivity index (χ2n) is 3.25. The Labute approximate surface area is 77.5 Å². The van der Waals surface area contributed by atoms with E-state index in [2.05, 4.69) is 6.58 Å². The van der Waals surface area contributed by atoms with Crippen LogP contribution in [0.1, 0.15) is 5.56 Å². The van der Waals surface area contributed by atoms with E-state index in [0.29, 0.717) is 13.1 Å². The predicted octanol–water partition coefficient (Wildman–Crippen LogP) is 1.58. The highest BCUT2D eigenvalue weighted by Crippen LogP contribution is 2.17. The van der Waals surface area contributed by atoms with Crippen molar-refractivity contribution in [2.75, 3.05) is 6.54 Å². The van der Waals surface area contributed by atoms with E-state index in [1.165, 1.54) is 5.56 Å². The van der Waals surface area contributed by atoms with Crippen molar-refractivity contribution < 1.29 is 4.79 Å². The number of hydrogen-bond donors (Lipinski definition) is 0. The van der Waals surface area contributed by atoms with E-state index in [-0.39, 0.29) is 5.91 Å². The minimum atomic E-state index is 0.0869. The van der Waals surface area contributed by atoms with Gasteiger partial charge in [0, 0.05) is 12.1 Å². The highest BCUT2D eigenvalue weighted by atomic mass is 16.2. The molecule has 0 radical (unpaired) electrons. The van der Waals surface area contributed by atoms with Crippen LogP contribution in [0.2, 0.25) is 0 Å². The fourth-order valence-electron chi connectivity index (χ4n) is 1.43. The quantitative estimate of drug-likeness (QED) is 0.491. The zero-order valence-corrected chi connectivity index (χ0v) is 7.36. The summed E-state index contributed by atoms with van der Waals surface area (Å²) in [6.45, 7) is 5.07. The third kappa shape index (κ3) is 1.47. The number of hydrogen-bond acceptors (Lipinski definition) is 1. The predicted molar refractivity (Wildman–Crippen MR) is 51.0 cm³/mol. The second kappa shape index (κ2) is 3.05. The van der Waals surface area contributed by atoms with Crippen molar-refractivity contribution in [1.82, 2.24) is 4.90 Å². The molecular formula is C11H11NO. The molecule has 1 fully saturated rings. The lowest BCUT2D eigenvalue weighted by Gasteiger charge is -2.32. The van der Waals surface area contributed by atoms with E-state index in [0.717, 1.165) is 5.57 Å². The zero-order valence-electron chi connectivity index (χ0n) is 7.36. The van der Waals surface area contributed by atoms with Gasteiger partial charge in [-0.3, -0.25) is 4.79 Å². The molecule has 2 nitrogen and oxygen atoms in total. The number of likely N-dealkylation sites (tertiary alicyclic amines) is 1. The molecule has 0 aromatic heterocycles. The van der Waals surface area contributed by atoms with Crippen molar-refractivity contribution in [3.05, 3.63) is 48.0 Å². The van der Waals surface area contributed by atoms with Gasteiger partial charge in [0.05, 0.1) is 6.54 Å². The van der Waals surface area contributed by atoms with Crippen molar-refractivity contribution in [2.24, 2.45) is 0 Å². The first-order valence-electron chi connectivity index (χ1n) is 4.28. The van der Waals surface area contributed by atoms with Gasteiger partial charge in [-0.15, -0.1) is 0 Å². The minimum Gasteiger partial charge on any atom is -0.330 e. The van der Waals surface area contributed by atoms with Gasteiger partial charge in [0.15, 0.2) is 0 Å². The lowest BCUT2D eigenvalue weighted by molar-refractivity contribution is -0.133. The van der Waals surface area contributed by atoms with Crippen molar-refractivity contribution in [3.63, 3.8) is 0 Å². The monoisotopic (exact) mass is 173 g/mol. The Morgan fingerprint density at radius 3 is 2.54 bits per heavy atom. The number of carbonyl (C=O) groups is 1. The summed E-state index contributed by atoms with van der Waals surface area (Å²) in [6.07, 6.45) is 0. The summed E-state index contributed by atoms with van der Waals surface area (Å²) in [5.74, 6) is 0.0869. The Balaban J connectivity index is 2.01. The first-order valence-corrected chi connectivity index (χ1v) is 4.28. The molecule has 66 valence electrons. The first kappa shape index (κ1) is 8.05. The summed E-state index contributed by atoms with van der Waals surface area (Å²) in [6, 6.07) is 9.98. The van der Waals surface area contributed by atoms with Gasteiger partial charge in [-0.05, 0) is 5.56 Å². The van der Waals surface area contributed by atoms with Gasteiger partial charge < -0.3 is 4.90 Å². The average molecular weight is 173 g/mol. The van der Waals surface area contributed by atoms with Crippen LogP contribution in [-0.2, 0) is 11.3 Å². The maximum absolute atomic E-state index is 11.2. The molecule has 1 aliphatic rings. The van der Waals surface area contributed by atoms with E-state index < -0.39 is 0 Å². The lowest BCUT2D eigenvalue weighted by Crippen LogP contribution is -2.44. The molecule has 1 aromatic carbocycles. The SMILES string of the molecule is C=C1CN(Cc2ccccc2)C1=O. The molecule has 0 atom stereocenters. The van der Waals surface area contributed by atoms with Gasteiger partial charge in [-0.25, -0.2) is 0 Å². The van der Waals surface area contributed by atoms with Crippen molar-refractivity contribution >= 4 is 5.91 Å². The number of benzene rings is 1. The summed E-state index contributed by atoms with van der Waals surface area (Å²) in [5.41, 5.74) is 1.89. The van der Waals surface area contributed by atoms with E-state index in [1.807, 2.05) is 30.3 Å². The molecule has 1 amide bonds. The highest BCUT2D eigenvalue weighted by Gasteiger charge is 2.27. The van der Waals surface area contributed by atoms with E-state index in [9.17, 15) is 4.79 Å². The number of amides is 1. The van der Waals surface area contributed by atoms with Gasteiger partial charge in [-0.1, -0.05) is 36.9 Å². The van der Waals surface area contributed by atoms with Gasteiger partial charge in [0.1, 0.15) is 0 Å². The van der Waals surface area contributed by atoms with Crippen LogP contribution in [0.25, 0.3) is 0 Å². The Kier molecular flexibility index (Phi) is 1.89. The van der Waals surface area contributed by atoms with Gasteiger partial charge in [0.2, 0.25) is 0 Å². The number of β-lactam (4-membered cyclic amide) rings is 1. The van der Waals surface area contributed by atoms with Gasteiger partial charge in [0.25, 0.3) is 5.91 Å². The van der Waals surface area contributed by atoms with Gasteiger partial charge >= 0.3 is 0 Å². The second-order valence-corrected chi connectivity index (χ2v) is 3.25. The Hall–Kier alpha value is -1.57. The van der Waals surface area contributed by atoms with Crippen LogP contribution >= 0.6 is 0 Å². The van der Waals surface area contributed by atoms with Crippen LogP contribution in [0.4, 0.5) is 0 Å². The molecular weight excluding hydrogens is 162 g/mol. The van der Waals surface area contributed by atoms with E-state index in [1.54, 1.807) is 4.90 Å². The normalized spacial score (nSPS) is 15.8. The van der Waals surface area contributed by atoms with Gasteiger partial charge in [-0.2, -0.15) is 0 Å². The van der Waals surface area contributed by atoms with Crippen molar-refractivity contribution in [2.45, 2.75) is 6.54 Å². The number of rotatable bonds is 2. The molecule has 0 N–H and O–H groups in total. The average Bonchev–Trinajstić information content (AvgIpc) is 2.19. The molecule has 2 heteroatoms. The Morgan fingerprint density at radius 1 is 1.31 bits per heavy atom. The first-order chi connectivity index (χ1) is 6.27. The molecule has 0 bridgehead atoms. The fraction of sp³-hybridized carbons (Fsp3) is 0.182. The summed E-state index contributed by atoms with van der Waals surface area (Å²) >= 11 is 0.